The highest BCUT2D eigenvalue weighted by atomic mass is 32.1. The number of hydrogen-bond acceptors (Lipinski definition) is 2. The van der Waals surface area contributed by atoms with E-state index in [9.17, 15) is 0 Å². The predicted molar refractivity (Wildman–Crippen MR) is 93.7 cm³/mol. The van der Waals surface area contributed by atoms with Crippen LogP contribution >= 0.6 is 12.2 Å². The Kier molecular flexibility index (Phi) is 8.31. The van der Waals surface area contributed by atoms with Gasteiger partial charge in [0.2, 0.25) is 0 Å². The van der Waals surface area contributed by atoms with E-state index in [0.29, 0.717) is 0 Å². The molecule has 21 heavy (non-hydrogen) atoms. The first kappa shape index (κ1) is 17.9. The quantitative estimate of drug-likeness (QED) is 0.542. The molecule has 2 N–H and O–H groups in total. The molecule has 0 bridgehead atoms. The van der Waals surface area contributed by atoms with Gasteiger partial charge in [0.15, 0.2) is 5.11 Å². The minimum absolute atomic E-state index is 0.0140. The van der Waals surface area contributed by atoms with Crippen molar-refractivity contribution in [2.75, 3.05) is 19.8 Å². The van der Waals surface area contributed by atoms with Gasteiger partial charge in [-0.05, 0) is 57.8 Å². The van der Waals surface area contributed by atoms with Gasteiger partial charge in [0.05, 0.1) is 0 Å². The lowest BCUT2D eigenvalue weighted by Gasteiger charge is -2.28. The highest BCUT2D eigenvalue weighted by Crippen LogP contribution is 2.13. The molecule has 3 nitrogen and oxygen atoms in total. The summed E-state index contributed by atoms with van der Waals surface area (Å²) in [7, 11) is 0. The minimum atomic E-state index is -0.0140. The number of rotatable bonds is 9. The second kappa shape index (κ2) is 9.74. The molecule has 0 amide bonds. The van der Waals surface area contributed by atoms with Crippen LogP contribution in [0.25, 0.3) is 0 Å². The fourth-order valence-corrected chi connectivity index (χ4v) is 2.41. The lowest BCUT2D eigenvalue weighted by Crippen LogP contribution is -2.48. The van der Waals surface area contributed by atoms with Crippen molar-refractivity contribution < 1.29 is 4.74 Å². The maximum Gasteiger partial charge on any atom is 0.166 e. The third kappa shape index (κ3) is 8.68. The third-order valence-corrected chi connectivity index (χ3v) is 3.53. The van der Waals surface area contributed by atoms with Gasteiger partial charge in [0.1, 0.15) is 0 Å². The molecule has 1 aromatic carbocycles. The van der Waals surface area contributed by atoms with Crippen LogP contribution in [-0.4, -0.2) is 30.4 Å². The Bertz CT molecular complexity index is 407. The van der Waals surface area contributed by atoms with E-state index in [4.69, 9.17) is 17.0 Å². The van der Waals surface area contributed by atoms with Crippen molar-refractivity contribution in [3.05, 3.63) is 35.9 Å². The number of ether oxygens (including phenoxy) is 1. The van der Waals surface area contributed by atoms with Gasteiger partial charge < -0.3 is 15.4 Å². The summed E-state index contributed by atoms with van der Waals surface area (Å²) in [6.07, 6.45) is 3.06. The smallest absolute Gasteiger partial charge is 0.166 e. The van der Waals surface area contributed by atoms with E-state index < -0.39 is 0 Å². The zero-order chi connectivity index (χ0) is 15.6. The predicted octanol–water partition coefficient (Wildman–Crippen LogP) is 3.29. The van der Waals surface area contributed by atoms with Crippen LogP contribution in [0, 0.1) is 0 Å². The number of thiocarbonyl (C=S) groups is 1. The minimum Gasteiger partial charge on any atom is -0.382 e. The summed E-state index contributed by atoms with van der Waals surface area (Å²) >= 11 is 5.35. The van der Waals surface area contributed by atoms with Crippen LogP contribution in [-0.2, 0) is 11.2 Å². The van der Waals surface area contributed by atoms with Crippen molar-refractivity contribution in [2.45, 2.75) is 45.6 Å². The molecule has 0 heterocycles. The Morgan fingerprint density at radius 1 is 1.24 bits per heavy atom. The van der Waals surface area contributed by atoms with E-state index in [-0.39, 0.29) is 5.54 Å². The zero-order valence-corrected chi connectivity index (χ0v) is 14.3. The summed E-state index contributed by atoms with van der Waals surface area (Å²) in [6, 6.07) is 10.6. The molecule has 4 heteroatoms. The van der Waals surface area contributed by atoms with Gasteiger partial charge in [-0.2, -0.15) is 0 Å². The fourth-order valence-electron chi connectivity index (χ4n) is 2.04. The van der Waals surface area contributed by atoms with Gasteiger partial charge in [0, 0.05) is 25.3 Å². The van der Waals surface area contributed by atoms with Crippen LogP contribution in [0.5, 0.6) is 0 Å². The maximum atomic E-state index is 5.35. The molecule has 0 aliphatic heterocycles. The van der Waals surface area contributed by atoms with E-state index in [1.807, 2.05) is 13.0 Å². The average molecular weight is 308 g/mol. The van der Waals surface area contributed by atoms with Crippen LogP contribution < -0.4 is 10.6 Å². The van der Waals surface area contributed by atoms with Gasteiger partial charge in [-0.15, -0.1) is 0 Å². The molecule has 0 unspecified atom stereocenters. The van der Waals surface area contributed by atoms with Gasteiger partial charge in [0.25, 0.3) is 0 Å². The number of hydrogen-bond donors (Lipinski definition) is 2. The van der Waals surface area contributed by atoms with Crippen molar-refractivity contribution in [1.82, 2.24) is 10.6 Å². The normalized spacial score (nSPS) is 11.2. The van der Waals surface area contributed by atoms with Crippen molar-refractivity contribution in [3.63, 3.8) is 0 Å². The summed E-state index contributed by atoms with van der Waals surface area (Å²) in [4.78, 5) is 0. The average Bonchev–Trinajstić information content (AvgIpc) is 2.46. The highest BCUT2D eigenvalue weighted by molar-refractivity contribution is 7.80. The Hall–Kier alpha value is -1.13. The summed E-state index contributed by atoms with van der Waals surface area (Å²) < 4.78 is 5.30. The third-order valence-electron chi connectivity index (χ3n) is 3.29. The van der Waals surface area contributed by atoms with Crippen LogP contribution in [0.1, 0.15) is 39.2 Å². The summed E-state index contributed by atoms with van der Waals surface area (Å²) in [5, 5.41) is 7.36. The standard InChI is InChI=1S/C17H28N2OS/c1-4-20-14-8-13-18-16(21)19-17(2,3)12-11-15-9-6-5-7-10-15/h5-7,9-10H,4,8,11-14H2,1-3H3,(H2,18,19,21). The highest BCUT2D eigenvalue weighted by Gasteiger charge is 2.18. The lowest BCUT2D eigenvalue weighted by molar-refractivity contribution is 0.145. The monoisotopic (exact) mass is 308 g/mol. The van der Waals surface area contributed by atoms with Crippen LogP contribution in [0.15, 0.2) is 30.3 Å². The van der Waals surface area contributed by atoms with Gasteiger partial charge in [-0.3, -0.25) is 0 Å². The zero-order valence-electron chi connectivity index (χ0n) is 13.4. The first-order valence-electron chi connectivity index (χ1n) is 7.71. The topological polar surface area (TPSA) is 33.3 Å². The molecule has 0 fully saturated rings. The lowest BCUT2D eigenvalue weighted by atomic mass is 9.95. The maximum absolute atomic E-state index is 5.35. The van der Waals surface area contributed by atoms with Crippen LogP contribution in [0.3, 0.4) is 0 Å². The fraction of sp³-hybridized carbons (Fsp3) is 0.588. The first-order valence-corrected chi connectivity index (χ1v) is 8.12. The molecule has 1 rings (SSSR count). The van der Waals surface area contributed by atoms with E-state index in [2.05, 4.69) is 48.7 Å². The molecule has 0 saturated heterocycles. The summed E-state index contributed by atoms with van der Waals surface area (Å²) in [5.74, 6) is 0. The van der Waals surface area contributed by atoms with Gasteiger partial charge in [-0.25, -0.2) is 0 Å². The molecule has 0 aliphatic carbocycles. The summed E-state index contributed by atoms with van der Waals surface area (Å²) in [5.41, 5.74) is 1.35. The largest absolute Gasteiger partial charge is 0.382 e. The van der Waals surface area contributed by atoms with Crippen LogP contribution in [0.2, 0.25) is 0 Å². The number of aryl methyl sites for hydroxylation is 1. The molecule has 1 aromatic rings. The summed E-state index contributed by atoms with van der Waals surface area (Å²) in [6.45, 7) is 8.78. The second-order valence-corrected chi connectivity index (χ2v) is 6.21. The molecule has 0 aliphatic rings. The molecule has 0 saturated carbocycles. The molecular formula is C17H28N2OS. The van der Waals surface area contributed by atoms with E-state index in [1.54, 1.807) is 0 Å². The molecule has 0 aromatic heterocycles. The second-order valence-electron chi connectivity index (χ2n) is 5.80. The van der Waals surface area contributed by atoms with Crippen molar-refractivity contribution in [3.8, 4) is 0 Å². The van der Waals surface area contributed by atoms with Crippen LogP contribution in [0.4, 0.5) is 0 Å². The van der Waals surface area contributed by atoms with Gasteiger partial charge >= 0.3 is 0 Å². The first-order chi connectivity index (χ1) is 10.0. The van der Waals surface area contributed by atoms with E-state index in [1.165, 1.54) is 5.56 Å². The Morgan fingerprint density at radius 2 is 1.95 bits per heavy atom. The molecule has 0 spiro atoms. The van der Waals surface area contributed by atoms with Crippen molar-refractivity contribution in [1.29, 1.82) is 0 Å². The Balaban J connectivity index is 2.23. The van der Waals surface area contributed by atoms with E-state index >= 15 is 0 Å². The Morgan fingerprint density at radius 3 is 2.62 bits per heavy atom. The van der Waals surface area contributed by atoms with E-state index in [0.717, 1.165) is 44.1 Å². The molecule has 0 radical (unpaired) electrons. The Labute approximate surface area is 134 Å². The molecule has 118 valence electrons. The molecular weight excluding hydrogens is 280 g/mol. The van der Waals surface area contributed by atoms with Crippen molar-refractivity contribution in [2.24, 2.45) is 0 Å². The molecule has 0 atom stereocenters. The van der Waals surface area contributed by atoms with Crippen molar-refractivity contribution >= 4 is 17.3 Å². The number of benzene rings is 1. The number of nitrogens with one attached hydrogen (secondary N) is 2. The van der Waals surface area contributed by atoms with Gasteiger partial charge in [-0.1, -0.05) is 30.3 Å². The SMILES string of the molecule is CCOCCCNC(=S)NC(C)(C)CCc1ccccc1.